The van der Waals surface area contributed by atoms with E-state index in [0.717, 1.165) is 109 Å². The first-order valence-electron chi connectivity index (χ1n) is 37.9. The maximum atomic E-state index is 13.4. The van der Waals surface area contributed by atoms with E-state index >= 15 is 0 Å². The van der Waals surface area contributed by atoms with E-state index in [2.05, 4.69) is 135 Å². The normalized spacial score (nSPS) is 46.4. The van der Waals surface area contributed by atoms with E-state index in [-0.39, 0.29) is 29.0 Å². The molecule has 11 aliphatic carbocycles. The molecule has 0 amide bonds. The van der Waals surface area contributed by atoms with Crippen LogP contribution in [0.3, 0.4) is 0 Å². The van der Waals surface area contributed by atoms with Gasteiger partial charge in [0.2, 0.25) is 0 Å². The number of Topliss-reactive ketones (excluding diaryl/α,β-unsaturated/α-hetero) is 1. The number of ketones is 1. The van der Waals surface area contributed by atoms with Crippen LogP contribution in [0.2, 0.25) is 13.1 Å². The summed E-state index contributed by atoms with van der Waals surface area (Å²) in [5.74, 6) is 13.2. The van der Waals surface area contributed by atoms with Crippen molar-refractivity contribution < 1.29 is 28.3 Å². The molecule has 0 aromatic carbocycles. The highest BCUT2D eigenvalue weighted by Crippen LogP contribution is 2.74. The Morgan fingerprint density at radius 1 is 0.552 bits per heavy atom. The highest BCUT2D eigenvalue weighted by Gasteiger charge is 2.72. The molecule has 496 valence electrons. The molecule has 11 aliphatic rings. The lowest BCUT2D eigenvalue weighted by molar-refractivity contribution is -0.153. The van der Waals surface area contributed by atoms with Gasteiger partial charge >= 0.3 is 0 Å². The molecule has 8 heteroatoms. The molecule has 87 heavy (non-hydrogen) atoms. The molecule has 0 saturated heterocycles. The Hall–Kier alpha value is -1.20. The van der Waals surface area contributed by atoms with E-state index < -0.39 is 25.1 Å². The van der Waals surface area contributed by atoms with E-state index in [9.17, 15) is 19.5 Å². The Morgan fingerprint density at radius 2 is 1.05 bits per heavy atom. The van der Waals surface area contributed by atoms with Crippen molar-refractivity contribution >= 4 is 37.9 Å². The number of carbonyl (C=O) groups excluding carboxylic acids is 3. The smallest absolute Gasteiger partial charge is 0.158 e. The minimum absolute atomic E-state index is 0.124. The molecule has 0 aromatic heterocycles. The van der Waals surface area contributed by atoms with Crippen LogP contribution < -0.4 is 0 Å². The third-order valence-electron chi connectivity index (χ3n) is 30.4. The van der Waals surface area contributed by atoms with Crippen molar-refractivity contribution in [1.82, 2.24) is 0 Å². The van der Waals surface area contributed by atoms with Crippen molar-refractivity contribution in [1.29, 1.82) is 0 Å². The van der Waals surface area contributed by atoms with Gasteiger partial charge in [-0.1, -0.05) is 174 Å². The second-order valence-corrected chi connectivity index (χ2v) is 37.7. The lowest BCUT2D eigenvalue weighted by atomic mass is 9.49. The monoisotopic (exact) mass is 1240 g/mol. The summed E-state index contributed by atoms with van der Waals surface area (Å²) in [6.07, 6.45) is 43.1. The first-order chi connectivity index (χ1) is 41.1. The van der Waals surface area contributed by atoms with Crippen LogP contribution in [0.15, 0.2) is 23.8 Å². The second-order valence-electron chi connectivity index (χ2n) is 35.9. The first-order valence-corrected chi connectivity index (χ1v) is 41.9. The SMILES string of the molecule is CC(C)CC[C@@H](C)[C@H]1CCC2C3C=C4C=CCC[C@]4(C)C3CC[C@@]21C.C[SiH2]O[C@H]1CC[C@](C)(C2CC[C@@]3(C)C(CC[C@@H]3[C@H](C)CCC(C)C)C2CC=O)C(=O)C1.C[SiH2]O[C@H]1CC[C@]2(C)C3CC[C@@]4(C)C(CC[C@@H]4[C@H](C)CCC(C)C)C3C(C=O)[C@]2(O)C1. The Labute approximate surface area is 540 Å². The molecule has 10 unspecified atom stereocenters. The average Bonchev–Trinajstić information content (AvgIpc) is 1.55. The van der Waals surface area contributed by atoms with Gasteiger partial charge in [-0.25, -0.2) is 0 Å². The van der Waals surface area contributed by atoms with Crippen molar-refractivity contribution in [3.8, 4) is 0 Å². The molecular weight excluding hydrogens is 1100 g/mol. The predicted octanol–water partition coefficient (Wildman–Crippen LogP) is 18.8. The molecule has 9 saturated carbocycles. The molecule has 1 N–H and O–H groups in total. The fourth-order valence-electron chi connectivity index (χ4n) is 25.4. The molecule has 25 atom stereocenters. The van der Waals surface area contributed by atoms with Crippen molar-refractivity contribution in [2.45, 2.75) is 308 Å². The number of allylic oxidation sites excluding steroid dienone is 4. The summed E-state index contributed by atoms with van der Waals surface area (Å²) >= 11 is 0. The number of hydrogen-bond donors (Lipinski definition) is 1. The quantitative estimate of drug-likeness (QED) is 0.0965. The summed E-state index contributed by atoms with van der Waals surface area (Å²) in [7, 11) is -0.972. The Kier molecular flexibility index (Phi) is 22.6. The van der Waals surface area contributed by atoms with Gasteiger partial charge in [0.05, 0.1) is 11.7 Å². The summed E-state index contributed by atoms with van der Waals surface area (Å²) in [4.78, 5) is 37.8. The summed E-state index contributed by atoms with van der Waals surface area (Å²) in [6.45, 7) is 40.9. The van der Waals surface area contributed by atoms with Gasteiger partial charge in [0.15, 0.2) is 19.5 Å². The third kappa shape index (κ3) is 13.0. The zero-order valence-corrected chi connectivity index (χ0v) is 62.3. The number of hydrogen-bond acceptors (Lipinski definition) is 6. The van der Waals surface area contributed by atoms with Crippen LogP contribution in [0, 0.1) is 145 Å². The van der Waals surface area contributed by atoms with Crippen molar-refractivity contribution in [2.24, 2.45) is 145 Å². The van der Waals surface area contributed by atoms with E-state index in [1.54, 1.807) is 5.57 Å². The molecule has 0 radical (unpaired) electrons. The van der Waals surface area contributed by atoms with Crippen LogP contribution in [0.1, 0.15) is 277 Å². The summed E-state index contributed by atoms with van der Waals surface area (Å²) in [6, 6.07) is 0. The number of carbonyl (C=O) groups is 3. The van der Waals surface area contributed by atoms with Gasteiger partial charge in [-0.2, -0.15) is 0 Å². The molecular formula is C79H136O6Si2. The molecule has 11 rings (SSSR count). The number of fused-ring (bicyclic) bond motifs is 11. The lowest BCUT2D eigenvalue weighted by Crippen LogP contribution is -2.55. The third-order valence-corrected chi connectivity index (χ3v) is 32.0. The van der Waals surface area contributed by atoms with Crippen LogP contribution in [0.4, 0.5) is 0 Å². The van der Waals surface area contributed by atoms with E-state index in [1.807, 2.05) is 0 Å². The number of aliphatic hydroxyl groups is 1. The highest BCUT2D eigenvalue weighted by molar-refractivity contribution is 6.25. The molecule has 0 aromatic rings. The zero-order valence-electron chi connectivity index (χ0n) is 59.5. The van der Waals surface area contributed by atoms with Gasteiger partial charge < -0.3 is 23.5 Å². The van der Waals surface area contributed by atoms with Crippen molar-refractivity contribution in [2.75, 3.05) is 0 Å². The minimum Gasteiger partial charge on any atom is -0.421 e. The van der Waals surface area contributed by atoms with E-state index in [0.29, 0.717) is 82.2 Å². The highest BCUT2D eigenvalue weighted by atomic mass is 28.2. The summed E-state index contributed by atoms with van der Waals surface area (Å²) in [5, 5.41) is 12.2. The largest absolute Gasteiger partial charge is 0.421 e. The molecule has 9 fully saturated rings. The van der Waals surface area contributed by atoms with E-state index in [4.69, 9.17) is 8.85 Å². The fraction of sp³-hybridized carbons (Fsp3) is 0.911. The minimum atomic E-state index is -0.872. The maximum absolute atomic E-state index is 13.4. The molecule has 0 heterocycles. The van der Waals surface area contributed by atoms with Gasteiger partial charge in [0, 0.05) is 42.1 Å². The van der Waals surface area contributed by atoms with Gasteiger partial charge in [0.1, 0.15) is 18.4 Å². The summed E-state index contributed by atoms with van der Waals surface area (Å²) < 4.78 is 12.0. The maximum Gasteiger partial charge on any atom is 0.158 e. The second kappa shape index (κ2) is 28.0. The predicted molar refractivity (Wildman–Crippen MR) is 369 cm³/mol. The fourth-order valence-corrected chi connectivity index (χ4v) is 26.9. The first kappa shape index (κ1) is 70.1. The Bertz CT molecular complexity index is 2380. The van der Waals surface area contributed by atoms with Crippen molar-refractivity contribution in [3.05, 3.63) is 23.8 Å². The molecule has 0 aliphatic heterocycles. The van der Waals surface area contributed by atoms with Crippen LogP contribution >= 0.6 is 0 Å². The van der Waals surface area contributed by atoms with Crippen LogP contribution in [-0.2, 0) is 23.2 Å². The lowest BCUT2D eigenvalue weighted by Gasteiger charge is -2.55. The van der Waals surface area contributed by atoms with Crippen LogP contribution in [-0.4, -0.2) is 60.8 Å². The van der Waals surface area contributed by atoms with Crippen LogP contribution in [0.5, 0.6) is 0 Å². The standard InChI is InChI=1S/2C27H48O3Si.C25H40/c1-17(2)7-8-18(3)20-9-10-21-24-22(12-13-25(20,21)4)26(5)14-11-19(30-31-6)15-27(26,29)23(24)16-28;1-18(2)7-8-19(3)22-9-10-23-21(13-16-28)24(12-15-26(22,23)4)27(5)14-11-20(30-31-6)17-25(27)29;1-17(2)9-10-18(3)21-11-12-22-20-16-19-8-6-7-14-24(19,4)23(20)13-15-25(21,22)5/h16-24,29H,7-15,31H2,1-6H3;16,18-24H,7-15,17,31H2,1-6H3;6,8,16-18,20-23H,7,9-15H2,1-5H3/t18-,19+,20-,21?,22?,23?,24?,25-,26-,27-;19-,20+,21?,22-,23?,24?,26-,27-;18-,20?,21-,22?,23?,24+,25-/m111/s1. The van der Waals surface area contributed by atoms with E-state index in [1.165, 1.54) is 128 Å². The molecule has 0 spiro atoms. The van der Waals surface area contributed by atoms with Gasteiger partial charge in [-0.3, -0.25) is 4.79 Å². The number of rotatable bonds is 20. The number of aldehydes is 2. The Morgan fingerprint density at radius 3 is 1.57 bits per heavy atom. The van der Waals surface area contributed by atoms with Gasteiger partial charge in [0.25, 0.3) is 0 Å². The van der Waals surface area contributed by atoms with Crippen LogP contribution in [0.25, 0.3) is 0 Å². The molecule has 0 bridgehead atoms. The van der Waals surface area contributed by atoms with Crippen molar-refractivity contribution in [3.63, 3.8) is 0 Å². The van der Waals surface area contributed by atoms with Gasteiger partial charge in [-0.05, 0) is 249 Å². The van der Waals surface area contributed by atoms with Gasteiger partial charge in [-0.15, -0.1) is 0 Å². The zero-order chi connectivity index (χ0) is 63.2. The summed E-state index contributed by atoms with van der Waals surface area (Å²) in [5.41, 5.74) is 2.24. The topological polar surface area (TPSA) is 89.9 Å². The Balaban J connectivity index is 0.000000157. The average molecular weight is 1240 g/mol. The molecule has 6 nitrogen and oxygen atoms in total.